The summed E-state index contributed by atoms with van der Waals surface area (Å²) < 4.78 is 1.61. The number of hydrogen-bond donors (Lipinski definition) is 0. The van der Waals surface area contributed by atoms with Crippen molar-refractivity contribution >= 4 is 35.0 Å². The van der Waals surface area contributed by atoms with Gasteiger partial charge in [-0.1, -0.05) is 18.5 Å². The largest absolute Gasteiger partial charge is 0.306 e. The number of nitrogens with zero attached hydrogens (tertiary/aromatic N) is 3. The molecule has 0 unspecified atom stereocenters. The number of rotatable bonds is 1. The molecule has 0 spiro atoms. The zero-order valence-corrected chi connectivity index (χ0v) is 13.5. The molecule has 1 aromatic heterocycles. The summed E-state index contributed by atoms with van der Waals surface area (Å²) in [5.74, 6) is 1.37. The molecule has 21 heavy (non-hydrogen) atoms. The van der Waals surface area contributed by atoms with Crippen LogP contribution in [0.5, 0.6) is 0 Å². The van der Waals surface area contributed by atoms with Crippen LogP contribution in [-0.2, 0) is 7.05 Å². The number of amides is 1. The predicted octanol–water partition coefficient (Wildman–Crippen LogP) is 3.46. The summed E-state index contributed by atoms with van der Waals surface area (Å²) >= 11 is 7.90. The van der Waals surface area contributed by atoms with Crippen molar-refractivity contribution < 1.29 is 4.79 Å². The third kappa shape index (κ3) is 2.80. The Kier molecular flexibility index (Phi) is 3.95. The van der Waals surface area contributed by atoms with Crippen molar-refractivity contribution in [3.05, 3.63) is 41.2 Å². The number of anilines is 1. The van der Waals surface area contributed by atoms with Gasteiger partial charge in [-0.2, -0.15) is 5.10 Å². The first-order valence-corrected chi connectivity index (χ1v) is 8.15. The molecule has 1 amide bonds. The van der Waals surface area contributed by atoms with Crippen molar-refractivity contribution in [3.63, 3.8) is 0 Å². The molecule has 1 atom stereocenters. The third-order valence-electron chi connectivity index (χ3n) is 3.51. The van der Waals surface area contributed by atoms with Gasteiger partial charge in [0.1, 0.15) is 5.69 Å². The summed E-state index contributed by atoms with van der Waals surface area (Å²) in [7, 11) is 1.78. The summed E-state index contributed by atoms with van der Waals surface area (Å²) in [5.41, 5.74) is 1.48. The lowest BCUT2D eigenvalue weighted by atomic mass is 10.1. The highest BCUT2D eigenvalue weighted by Crippen LogP contribution is 2.37. The Morgan fingerprint density at radius 2 is 2.24 bits per heavy atom. The molecule has 4 nitrogen and oxygen atoms in total. The van der Waals surface area contributed by atoms with E-state index in [0.717, 1.165) is 16.3 Å². The number of carbonyl (C=O) groups is 1. The third-order valence-corrected chi connectivity index (χ3v) is 5.14. The second-order valence-electron chi connectivity index (χ2n) is 5.28. The first-order chi connectivity index (χ1) is 10.1. The van der Waals surface area contributed by atoms with E-state index in [1.807, 2.05) is 23.1 Å². The second kappa shape index (κ2) is 5.73. The van der Waals surface area contributed by atoms with Gasteiger partial charge in [-0.15, -0.1) is 11.8 Å². The van der Waals surface area contributed by atoms with E-state index in [2.05, 4.69) is 12.0 Å². The van der Waals surface area contributed by atoms with Crippen LogP contribution in [0.3, 0.4) is 0 Å². The van der Waals surface area contributed by atoms with E-state index in [9.17, 15) is 4.79 Å². The quantitative estimate of drug-likeness (QED) is 0.807. The van der Waals surface area contributed by atoms with Gasteiger partial charge in [0.15, 0.2) is 0 Å². The normalized spacial score (nSPS) is 18.2. The number of benzene rings is 1. The lowest BCUT2D eigenvalue weighted by Gasteiger charge is -2.24. The maximum absolute atomic E-state index is 12.9. The molecule has 0 N–H and O–H groups in total. The van der Waals surface area contributed by atoms with Crippen LogP contribution in [0.1, 0.15) is 17.4 Å². The van der Waals surface area contributed by atoms with Crippen LogP contribution in [0.4, 0.5) is 5.69 Å². The molecule has 3 rings (SSSR count). The smallest absolute Gasteiger partial charge is 0.276 e. The van der Waals surface area contributed by atoms with Crippen LogP contribution in [0.25, 0.3) is 0 Å². The maximum atomic E-state index is 12.9. The standard InChI is InChI=1S/C15H16ClN3OS/c1-10-8-19(15(20)12-5-6-17-18(12)2)13-7-11(16)3-4-14(13)21-9-10/h3-7,10H,8-9H2,1-2H3/t10-/m1/s1. The molecule has 1 aliphatic rings. The van der Waals surface area contributed by atoms with E-state index < -0.39 is 0 Å². The van der Waals surface area contributed by atoms with Crippen LogP contribution in [0.15, 0.2) is 35.4 Å². The van der Waals surface area contributed by atoms with E-state index in [4.69, 9.17) is 11.6 Å². The monoisotopic (exact) mass is 321 g/mol. The fraction of sp³-hybridized carbons (Fsp3) is 0.333. The number of fused-ring (bicyclic) bond motifs is 1. The van der Waals surface area contributed by atoms with E-state index >= 15 is 0 Å². The number of hydrogen-bond acceptors (Lipinski definition) is 3. The van der Waals surface area contributed by atoms with Gasteiger partial charge in [0.2, 0.25) is 0 Å². The van der Waals surface area contributed by atoms with Gasteiger partial charge in [-0.05, 0) is 30.2 Å². The highest BCUT2D eigenvalue weighted by atomic mass is 35.5. The zero-order valence-electron chi connectivity index (χ0n) is 11.9. The van der Waals surface area contributed by atoms with Gasteiger partial charge in [0.05, 0.1) is 5.69 Å². The summed E-state index contributed by atoms with van der Waals surface area (Å²) in [4.78, 5) is 15.8. The summed E-state index contributed by atoms with van der Waals surface area (Å²) in [6, 6.07) is 7.48. The molecule has 0 saturated heterocycles. The topological polar surface area (TPSA) is 38.1 Å². The maximum Gasteiger partial charge on any atom is 0.276 e. The highest BCUT2D eigenvalue weighted by Gasteiger charge is 2.27. The fourth-order valence-corrected chi connectivity index (χ4v) is 3.65. The predicted molar refractivity (Wildman–Crippen MR) is 86.2 cm³/mol. The number of aryl methyl sites for hydroxylation is 1. The Morgan fingerprint density at radius 3 is 2.95 bits per heavy atom. The highest BCUT2D eigenvalue weighted by molar-refractivity contribution is 7.99. The van der Waals surface area contributed by atoms with E-state index in [-0.39, 0.29) is 5.91 Å². The molecule has 1 aromatic carbocycles. The molecular weight excluding hydrogens is 306 g/mol. The number of thioether (sulfide) groups is 1. The van der Waals surface area contributed by atoms with Crippen molar-refractivity contribution in [1.82, 2.24) is 9.78 Å². The molecule has 2 aromatic rings. The second-order valence-corrected chi connectivity index (χ2v) is 6.78. The number of halogens is 1. The van der Waals surface area contributed by atoms with E-state index in [0.29, 0.717) is 23.2 Å². The van der Waals surface area contributed by atoms with Crippen LogP contribution in [0, 0.1) is 5.92 Å². The first kappa shape index (κ1) is 14.5. The molecular formula is C15H16ClN3OS. The Morgan fingerprint density at radius 1 is 1.43 bits per heavy atom. The molecule has 0 saturated carbocycles. The molecule has 0 radical (unpaired) electrons. The average Bonchev–Trinajstić information content (AvgIpc) is 2.81. The van der Waals surface area contributed by atoms with Crippen LogP contribution >= 0.6 is 23.4 Å². The molecule has 0 fully saturated rings. The van der Waals surface area contributed by atoms with Crippen molar-refractivity contribution in [2.75, 3.05) is 17.2 Å². The van der Waals surface area contributed by atoms with Gasteiger partial charge in [-0.3, -0.25) is 9.48 Å². The van der Waals surface area contributed by atoms with Gasteiger partial charge in [0.25, 0.3) is 5.91 Å². The minimum atomic E-state index is -0.0344. The van der Waals surface area contributed by atoms with Crippen LogP contribution < -0.4 is 4.90 Å². The Hall–Kier alpha value is -1.46. The molecule has 110 valence electrons. The lowest BCUT2D eigenvalue weighted by molar-refractivity contribution is 0.0975. The zero-order chi connectivity index (χ0) is 15.0. The Labute approximate surface area is 133 Å². The van der Waals surface area contributed by atoms with Crippen molar-refractivity contribution in [2.24, 2.45) is 13.0 Å². The van der Waals surface area contributed by atoms with Gasteiger partial charge >= 0.3 is 0 Å². The van der Waals surface area contributed by atoms with Crippen molar-refractivity contribution in [3.8, 4) is 0 Å². The molecule has 2 heterocycles. The molecule has 6 heteroatoms. The van der Waals surface area contributed by atoms with E-state index in [1.54, 1.807) is 35.8 Å². The Balaban J connectivity index is 2.06. The SMILES string of the molecule is C[C@H]1CSc2ccc(Cl)cc2N(C(=O)c2ccnn2C)C1. The summed E-state index contributed by atoms with van der Waals surface area (Å²) in [6.07, 6.45) is 1.64. The minimum absolute atomic E-state index is 0.0344. The summed E-state index contributed by atoms with van der Waals surface area (Å²) in [5, 5.41) is 4.73. The first-order valence-electron chi connectivity index (χ1n) is 6.78. The van der Waals surface area contributed by atoms with Crippen molar-refractivity contribution in [2.45, 2.75) is 11.8 Å². The van der Waals surface area contributed by atoms with Crippen LogP contribution in [0.2, 0.25) is 5.02 Å². The van der Waals surface area contributed by atoms with Crippen LogP contribution in [-0.4, -0.2) is 28.0 Å². The fourth-order valence-electron chi connectivity index (χ4n) is 2.43. The molecule has 0 aliphatic carbocycles. The van der Waals surface area contributed by atoms with E-state index in [1.165, 1.54) is 0 Å². The molecule has 0 bridgehead atoms. The minimum Gasteiger partial charge on any atom is -0.306 e. The summed E-state index contributed by atoms with van der Waals surface area (Å²) in [6.45, 7) is 2.84. The lowest BCUT2D eigenvalue weighted by Crippen LogP contribution is -2.35. The van der Waals surface area contributed by atoms with Gasteiger partial charge in [0, 0.05) is 35.5 Å². The van der Waals surface area contributed by atoms with Gasteiger partial charge in [-0.25, -0.2) is 0 Å². The number of aromatic nitrogens is 2. The number of carbonyl (C=O) groups excluding carboxylic acids is 1. The van der Waals surface area contributed by atoms with Crippen molar-refractivity contribution in [1.29, 1.82) is 0 Å². The Bertz CT molecular complexity index is 685. The average molecular weight is 322 g/mol. The van der Waals surface area contributed by atoms with Gasteiger partial charge < -0.3 is 4.90 Å². The molecule has 1 aliphatic heterocycles.